The molecule has 2 atom stereocenters. The van der Waals surface area contributed by atoms with E-state index in [1.165, 1.54) is 16.8 Å². The molecule has 1 aliphatic rings. The Bertz CT molecular complexity index is 384. The van der Waals surface area contributed by atoms with Gasteiger partial charge in [0.15, 0.2) is 0 Å². The van der Waals surface area contributed by atoms with Gasteiger partial charge in [-0.3, -0.25) is 0 Å². The van der Waals surface area contributed by atoms with E-state index in [1.807, 2.05) is 0 Å². The molecule has 0 bridgehead atoms. The third-order valence-electron chi connectivity index (χ3n) is 3.14. The van der Waals surface area contributed by atoms with Gasteiger partial charge < -0.3 is 4.90 Å². The van der Waals surface area contributed by atoms with Gasteiger partial charge >= 0.3 is 0 Å². The molecule has 0 saturated carbocycles. The fourth-order valence-electron chi connectivity index (χ4n) is 2.50. The average molecular weight is 314 g/mol. The first kappa shape index (κ1) is 13.3. The SMILES string of the molecule is Cc1ccc(N2CC(C)SC(C)C2)c(CBr)c1. The summed E-state index contributed by atoms with van der Waals surface area (Å²) in [6.45, 7) is 9.15. The van der Waals surface area contributed by atoms with E-state index >= 15 is 0 Å². The highest BCUT2D eigenvalue weighted by Crippen LogP contribution is 2.31. The zero-order chi connectivity index (χ0) is 12.4. The Kier molecular flexibility index (Phi) is 4.42. The van der Waals surface area contributed by atoms with Gasteiger partial charge in [0.25, 0.3) is 0 Å². The van der Waals surface area contributed by atoms with Crippen LogP contribution in [-0.2, 0) is 5.33 Å². The van der Waals surface area contributed by atoms with E-state index in [-0.39, 0.29) is 0 Å². The lowest BCUT2D eigenvalue weighted by molar-refractivity contribution is 0.726. The predicted octanol–water partition coefficient (Wildman–Crippen LogP) is 4.22. The lowest BCUT2D eigenvalue weighted by Gasteiger charge is -2.37. The smallest absolute Gasteiger partial charge is 0.0408 e. The Hall–Kier alpha value is -0.150. The maximum atomic E-state index is 3.61. The summed E-state index contributed by atoms with van der Waals surface area (Å²) >= 11 is 5.71. The lowest BCUT2D eigenvalue weighted by Crippen LogP contribution is -2.40. The van der Waals surface area contributed by atoms with Crippen LogP contribution in [0, 0.1) is 6.92 Å². The van der Waals surface area contributed by atoms with Crippen LogP contribution in [0.2, 0.25) is 0 Å². The molecule has 1 aromatic carbocycles. The summed E-state index contributed by atoms with van der Waals surface area (Å²) in [6.07, 6.45) is 0. The molecule has 1 saturated heterocycles. The number of thioether (sulfide) groups is 1. The third-order valence-corrected chi connectivity index (χ3v) is 4.97. The first-order valence-corrected chi connectivity index (χ1v) is 8.22. The van der Waals surface area contributed by atoms with Gasteiger partial charge in [0.2, 0.25) is 0 Å². The monoisotopic (exact) mass is 313 g/mol. The molecular formula is C14H20BrNS. The zero-order valence-corrected chi connectivity index (χ0v) is 13.1. The Morgan fingerprint density at radius 3 is 2.53 bits per heavy atom. The largest absolute Gasteiger partial charge is 0.369 e. The number of nitrogens with zero attached hydrogens (tertiary/aromatic N) is 1. The summed E-state index contributed by atoms with van der Waals surface area (Å²) in [6, 6.07) is 6.79. The first-order chi connectivity index (χ1) is 8.10. The summed E-state index contributed by atoms with van der Waals surface area (Å²) in [4.78, 5) is 2.54. The van der Waals surface area contributed by atoms with Crippen LogP contribution < -0.4 is 4.90 Å². The average Bonchev–Trinajstić information content (AvgIpc) is 2.27. The zero-order valence-electron chi connectivity index (χ0n) is 10.7. The van der Waals surface area contributed by atoms with E-state index in [2.05, 4.69) is 71.6 Å². The van der Waals surface area contributed by atoms with Gasteiger partial charge in [-0.2, -0.15) is 11.8 Å². The molecule has 94 valence electrons. The number of hydrogen-bond acceptors (Lipinski definition) is 2. The van der Waals surface area contributed by atoms with Crippen molar-refractivity contribution in [1.82, 2.24) is 0 Å². The Morgan fingerprint density at radius 1 is 1.29 bits per heavy atom. The fourth-order valence-corrected chi connectivity index (χ4v) is 4.28. The normalized spacial score (nSPS) is 25.1. The number of benzene rings is 1. The Morgan fingerprint density at radius 2 is 1.94 bits per heavy atom. The van der Waals surface area contributed by atoms with Crippen LogP contribution in [0.25, 0.3) is 0 Å². The number of aryl methyl sites for hydroxylation is 1. The molecule has 3 heteroatoms. The van der Waals surface area contributed by atoms with Crippen molar-refractivity contribution in [2.24, 2.45) is 0 Å². The Labute approximate surface area is 117 Å². The van der Waals surface area contributed by atoms with E-state index in [4.69, 9.17) is 0 Å². The number of halogens is 1. The van der Waals surface area contributed by atoms with Gasteiger partial charge in [0.1, 0.15) is 0 Å². The van der Waals surface area contributed by atoms with Gasteiger partial charge in [-0.05, 0) is 18.6 Å². The highest BCUT2D eigenvalue weighted by atomic mass is 79.9. The summed E-state index contributed by atoms with van der Waals surface area (Å²) in [5, 5.41) is 2.39. The minimum Gasteiger partial charge on any atom is -0.369 e. The molecule has 1 aromatic rings. The molecule has 2 unspecified atom stereocenters. The van der Waals surface area contributed by atoms with Crippen molar-refractivity contribution >= 4 is 33.4 Å². The van der Waals surface area contributed by atoms with Crippen LogP contribution in [0.15, 0.2) is 18.2 Å². The maximum absolute atomic E-state index is 3.61. The van der Waals surface area contributed by atoms with Gasteiger partial charge in [-0.25, -0.2) is 0 Å². The van der Waals surface area contributed by atoms with Gasteiger partial charge in [0.05, 0.1) is 0 Å². The number of rotatable bonds is 2. The molecule has 0 aliphatic carbocycles. The molecule has 2 rings (SSSR count). The van der Waals surface area contributed by atoms with Gasteiger partial charge in [0, 0.05) is 34.6 Å². The van der Waals surface area contributed by atoms with Crippen LogP contribution in [0.5, 0.6) is 0 Å². The number of hydrogen-bond donors (Lipinski definition) is 0. The quantitative estimate of drug-likeness (QED) is 0.752. The van der Waals surface area contributed by atoms with Crippen molar-refractivity contribution in [3.05, 3.63) is 29.3 Å². The highest BCUT2D eigenvalue weighted by Gasteiger charge is 2.23. The molecule has 0 N–H and O–H groups in total. The lowest BCUT2D eigenvalue weighted by atomic mass is 10.1. The minimum atomic E-state index is 0.725. The van der Waals surface area contributed by atoms with Crippen molar-refractivity contribution in [2.45, 2.75) is 36.6 Å². The summed E-state index contributed by atoms with van der Waals surface area (Å²) < 4.78 is 0. The molecule has 0 aromatic heterocycles. The summed E-state index contributed by atoms with van der Waals surface area (Å²) in [5.74, 6) is 0. The van der Waals surface area contributed by atoms with Crippen LogP contribution in [-0.4, -0.2) is 23.6 Å². The molecule has 17 heavy (non-hydrogen) atoms. The van der Waals surface area contributed by atoms with E-state index < -0.39 is 0 Å². The summed E-state index contributed by atoms with van der Waals surface area (Å²) in [7, 11) is 0. The molecule has 0 amide bonds. The fraction of sp³-hybridized carbons (Fsp3) is 0.571. The van der Waals surface area contributed by atoms with Crippen LogP contribution in [0.3, 0.4) is 0 Å². The second kappa shape index (κ2) is 5.66. The van der Waals surface area contributed by atoms with E-state index in [1.54, 1.807) is 0 Å². The molecule has 0 radical (unpaired) electrons. The van der Waals surface area contributed by atoms with Crippen LogP contribution >= 0.6 is 27.7 Å². The number of anilines is 1. The molecule has 1 heterocycles. The second-order valence-corrected chi connectivity index (χ2v) is 7.37. The standard InChI is InChI=1S/C14H20BrNS/c1-10-4-5-14(13(6-10)7-15)16-8-11(2)17-12(3)9-16/h4-6,11-12H,7-9H2,1-3H3. The molecule has 1 aliphatic heterocycles. The van der Waals surface area contributed by atoms with Crippen molar-refractivity contribution in [1.29, 1.82) is 0 Å². The molecule has 1 nitrogen and oxygen atoms in total. The van der Waals surface area contributed by atoms with Crippen LogP contribution in [0.1, 0.15) is 25.0 Å². The van der Waals surface area contributed by atoms with E-state index in [0.717, 1.165) is 28.9 Å². The van der Waals surface area contributed by atoms with Crippen molar-refractivity contribution in [2.75, 3.05) is 18.0 Å². The molecule has 1 fully saturated rings. The van der Waals surface area contributed by atoms with E-state index in [9.17, 15) is 0 Å². The second-order valence-electron chi connectivity index (χ2n) is 4.93. The topological polar surface area (TPSA) is 3.24 Å². The summed E-state index contributed by atoms with van der Waals surface area (Å²) in [5.41, 5.74) is 4.17. The molecule has 0 spiro atoms. The van der Waals surface area contributed by atoms with Gasteiger partial charge in [-0.1, -0.05) is 47.5 Å². The van der Waals surface area contributed by atoms with Crippen molar-refractivity contribution in [3.63, 3.8) is 0 Å². The minimum absolute atomic E-state index is 0.725. The number of alkyl halides is 1. The third kappa shape index (κ3) is 3.19. The van der Waals surface area contributed by atoms with Gasteiger partial charge in [-0.15, -0.1) is 0 Å². The maximum Gasteiger partial charge on any atom is 0.0408 e. The first-order valence-electron chi connectivity index (χ1n) is 6.16. The van der Waals surface area contributed by atoms with Crippen molar-refractivity contribution in [3.8, 4) is 0 Å². The van der Waals surface area contributed by atoms with E-state index in [0.29, 0.717) is 0 Å². The Balaban J connectivity index is 2.26. The predicted molar refractivity (Wildman–Crippen MR) is 82.5 cm³/mol. The van der Waals surface area contributed by atoms with Crippen LogP contribution in [0.4, 0.5) is 5.69 Å². The molecular weight excluding hydrogens is 294 g/mol. The highest BCUT2D eigenvalue weighted by molar-refractivity contribution is 9.08. The van der Waals surface area contributed by atoms with Crippen molar-refractivity contribution < 1.29 is 0 Å².